The van der Waals surface area contributed by atoms with Crippen LogP contribution in [-0.2, 0) is 11.2 Å². The Labute approximate surface area is 117 Å². The molecule has 0 radical (unpaired) electrons. The van der Waals surface area contributed by atoms with E-state index >= 15 is 0 Å². The predicted octanol–water partition coefficient (Wildman–Crippen LogP) is 3.33. The van der Waals surface area contributed by atoms with Gasteiger partial charge in [-0.1, -0.05) is 49.2 Å². The Morgan fingerprint density at radius 2 is 1.94 bits per heavy atom. The van der Waals surface area contributed by atoms with Gasteiger partial charge in [0, 0.05) is 6.42 Å². The Hall–Kier alpha value is -0.770. The van der Waals surface area contributed by atoms with Gasteiger partial charge in [-0.25, -0.2) is 0 Å². The number of hydrogen-bond acceptors (Lipinski definition) is 2. The molecule has 3 nitrogen and oxygen atoms in total. The molecule has 0 aliphatic rings. The van der Waals surface area contributed by atoms with Crippen LogP contribution in [0, 0.1) is 0 Å². The quantitative estimate of drug-likeness (QED) is 0.873. The second-order valence-electron chi connectivity index (χ2n) is 3.99. The van der Waals surface area contributed by atoms with Crippen LogP contribution in [0.25, 0.3) is 0 Å². The first-order valence-electron chi connectivity index (χ1n) is 5.91. The van der Waals surface area contributed by atoms with Crippen LogP contribution in [0.1, 0.15) is 19.4 Å². The summed E-state index contributed by atoms with van der Waals surface area (Å²) in [6.07, 6.45) is 0.358. The van der Waals surface area contributed by atoms with Gasteiger partial charge in [-0.15, -0.1) is 0 Å². The lowest BCUT2D eigenvalue weighted by Crippen LogP contribution is -2.42. The zero-order valence-electron chi connectivity index (χ0n) is 10.5. The summed E-state index contributed by atoms with van der Waals surface area (Å²) in [5.41, 5.74) is 0.767. The fourth-order valence-electron chi connectivity index (χ4n) is 1.95. The van der Waals surface area contributed by atoms with Crippen LogP contribution in [0.3, 0.4) is 0 Å². The van der Waals surface area contributed by atoms with Crippen molar-refractivity contribution in [3.05, 3.63) is 33.8 Å². The third kappa shape index (κ3) is 3.61. The van der Waals surface area contributed by atoms with Crippen molar-refractivity contribution < 1.29 is 9.90 Å². The second-order valence-corrected chi connectivity index (χ2v) is 4.78. The molecule has 0 saturated carbocycles. The molecule has 5 heteroatoms. The zero-order chi connectivity index (χ0) is 13.7. The minimum atomic E-state index is -0.838. The van der Waals surface area contributed by atoms with Gasteiger partial charge in [-0.2, -0.15) is 0 Å². The van der Waals surface area contributed by atoms with Crippen molar-refractivity contribution in [3.63, 3.8) is 0 Å². The number of carboxylic acids is 1. The molecule has 0 aromatic heterocycles. The van der Waals surface area contributed by atoms with E-state index in [1.165, 1.54) is 0 Å². The number of hydrogen-bond donors (Lipinski definition) is 1. The van der Waals surface area contributed by atoms with E-state index in [9.17, 15) is 9.90 Å². The Balaban J connectivity index is 2.97. The molecule has 0 unspecified atom stereocenters. The minimum Gasteiger partial charge on any atom is -0.480 e. The fraction of sp³-hybridized carbons (Fsp3) is 0.462. The molecular weight excluding hydrogens is 273 g/mol. The third-order valence-electron chi connectivity index (χ3n) is 2.98. The Bertz CT molecular complexity index is 419. The molecule has 1 atom stereocenters. The average molecular weight is 290 g/mol. The lowest BCUT2D eigenvalue weighted by atomic mass is 10.0. The zero-order valence-corrected chi connectivity index (χ0v) is 12.0. The molecule has 0 fully saturated rings. The summed E-state index contributed by atoms with van der Waals surface area (Å²) in [5.74, 6) is -0.838. The first-order chi connectivity index (χ1) is 8.51. The summed E-state index contributed by atoms with van der Waals surface area (Å²) in [7, 11) is 0. The van der Waals surface area contributed by atoms with Crippen molar-refractivity contribution in [3.8, 4) is 0 Å². The Morgan fingerprint density at radius 3 is 2.44 bits per heavy atom. The number of carbonyl (C=O) groups is 1. The largest absolute Gasteiger partial charge is 0.480 e. The van der Waals surface area contributed by atoms with Crippen molar-refractivity contribution in [2.45, 2.75) is 26.3 Å². The lowest BCUT2D eigenvalue weighted by molar-refractivity contribution is -0.143. The van der Waals surface area contributed by atoms with E-state index in [0.717, 1.165) is 5.56 Å². The van der Waals surface area contributed by atoms with Crippen LogP contribution in [-0.4, -0.2) is 35.1 Å². The van der Waals surface area contributed by atoms with E-state index in [0.29, 0.717) is 29.6 Å². The van der Waals surface area contributed by atoms with Crippen molar-refractivity contribution >= 4 is 29.2 Å². The van der Waals surface area contributed by atoms with E-state index in [2.05, 4.69) is 0 Å². The molecular formula is C13H17Cl2NO2. The second kappa shape index (κ2) is 6.98. The topological polar surface area (TPSA) is 40.5 Å². The van der Waals surface area contributed by atoms with Crippen LogP contribution in [0.2, 0.25) is 10.0 Å². The summed E-state index contributed by atoms with van der Waals surface area (Å²) in [6.45, 7) is 5.26. The SMILES string of the molecule is CCN(CC)[C@@H](Cc1cccc(Cl)c1Cl)C(=O)O. The summed E-state index contributed by atoms with van der Waals surface area (Å²) >= 11 is 12.0. The summed E-state index contributed by atoms with van der Waals surface area (Å²) in [5, 5.41) is 10.2. The number of benzene rings is 1. The standard InChI is InChI=1S/C13H17Cl2NO2/c1-3-16(4-2)11(13(17)18)8-9-6-5-7-10(14)12(9)15/h5-7,11H,3-4,8H2,1-2H3,(H,17,18)/t11-/m0/s1. The number of nitrogens with zero attached hydrogens (tertiary/aromatic N) is 1. The van der Waals surface area contributed by atoms with Gasteiger partial charge in [0.25, 0.3) is 0 Å². The number of likely N-dealkylation sites (N-methyl/N-ethyl adjacent to an activating group) is 1. The van der Waals surface area contributed by atoms with Gasteiger partial charge in [0.2, 0.25) is 0 Å². The summed E-state index contributed by atoms with van der Waals surface area (Å²) < 4.78 is 0. The van der Waals surface area contributed by atoms with E-state index in [4.69, 9.17) is 23.2 Å². The highest BCUT2D eigenvalue weighted by Crippen LogP contribution is 2.27. The van der Waals surface area contributed by atoms with Crippen molar-refractivity contribution in [2.75, 3.05) is 13.1 Å². The number of carboxylic acid groups (broad SMARTS) is 1. The van der Waals surface area contributed by atoms with Gasteiger partial charge in [0.1, 0.15) is 6.04 Å². The van der Waals surface area contributed by atoms with Gasteiger partial charge < -0.3 is 5.11 Å². The van der Waals surface area contributed by atoms with Crippen molar-refractivity contribution in [1.29, 1.82) is 0 Å². The smallest absolute Gasteiger partial charge is 0.321 e. The number of rotatable bonds is 6. The van der Waals surface area contributed by atoms with E-state index in [-0.39, 0.29) is 0 Å². The molecule has 100 valence electrons. The van der Waals surface area contributed by atoms with E-state index < -0.39 is 12.0 Å². The molecule has 0 spiro atoms. The van der Waals surface area contributed by atoms with Crippen LogP contribution in [0.4, 0.5) is 0 Å². The molecule has 1 aromatic rings. The highest BCUT2D eigenvalue weighted by atomic mass is 35.5. The number of aliphatic carboxylic acids is 1. The fourth-order valence-corrected chi connectivity index (χ4v) is 2.35. The van der Waals surface area contributed by atoms with Crippen LogP contribution in [0.5, 0.6) is 0 Å². The lowest BCUT2D eigenvalue weighted by Gasteiger charge is -2.26. The van der Waals surface area contributed by atoms with Crippen molar-refractivity contribution in [2.24, 2.45) is 0 Å². The summed E-state index contributed by atoms with van der Waals surface area (Å²) in [4.78, 5) is 13.2. The van der Waals surface area contributed by atoms with Gasteiger partial charge in [-0.3, -0.25) is 9.69 Å². The van der Waals surface area contributed by atoms with Gasteiger partial charge in [0.15, 0.2) is 0 Å². The molecule has 0 amide bonds. The van der Waals surface area contributed by atoms with Gasteiger partial charge in [-0.05, 0) is 24.7 Å². The van der Waals surface area contributed by atoms with Gasteiger partial charge >= 0.3 is 5.97 Å². The summed E-state index contributed by atoms with van der Waals surface area (Å²) in [6, 6.07) is 4.72. The maximum Gasteiger partial charge on any atom is 0.321 e. The molecule has 0 bridgehead atoms. The number of halogens is 2. The molecule has 0 saturated heterocycles. The Morgan fingerprint density at radius 1 is 1.33 bits per heavy atom. The highest BCUT2D eigenvalue weighted by Gasteiger charge is 2.24. The third-order valence-corrected chi connectivity index (χ3v) is 3.84. The van der Waals surface area contributed by atoms with Crippen LogP contribution in [0.15, 0.2) is 18.2 Å². The maximum absolute atomic E-state index is 11.3. The Kier molecular flexibility index (Phi) is 5.93. The first-order valence-corrected chi connectivity index (χ1v) is 6.66. The van der Waals surface area contributed by atoms with Crippen LogP contribution < -0.4 is 0 Å². The molecule has 1 rings (SSSR count). The monoisotopic (exact) mass is 289 g/mol. The molecule has 0 aliphatic carbocycles. The predicted molar refractivity (Wildman–Crippen MR) is 74.5 cm³/mol. The molecule has 1 N–H and O–H groups in total. The van der Waals surface area contributed by atoms with Crippen molar-refractivity contribution in [1.82, 2.24) is 4.90 Å². The molecule has 0 heterocycles. The maximum atomic E-state index is 11.3. The first kappa shape index (κ1) is 15.3. The van der Waals surface area contributed by atoms with Crippen LogP contribution >= 0.6 is 23.2 Å². The molecule has 1 aromatic carbocycles. The molecule has 18 heavy (non-hydrogen) atoms. The van der Waals surface area contributed by atoms with E-state index in [1.54, 1.807) is 12.1 Å². The highest BCUT2D eigenvalue weighted by molar-refractivity contribution is 6.42. The van der Waals surface area contributed by atoms with E-state index in [1.807, 2.05) is 24.8 Å². The average Bonchev–Trinajstić information content (AvgIpc) is 2.34. The minimum absolute atomic E-state index is 0.358. The van der Waals surface area contributed by atoms with Gasteiger partial charge in [0.05, 0.1) is 10.0 Å². The molecule has 0 aliphatic heterocycles. The normalized spacial score (nSPS) is 12.7.